The van der Waals surface area contributed by atoms with E-state index in [0.717, 1.165) is 6.42 Å². The van der Waals surface area contributed by atoms with Gasteiger partial charge in [0.25, 0.3) is 0 Å². The Labute approximate surface area is 85.4 Å². The highest BCUT2D eigenvalue weighted by Gasteiger charge is 2.28. The lowest BCUT2D eigenvalue weighted by atomic mass is 10.1. The van der Waals surface area contributed by atoms with Crippen molar-refractivity contribution in [1.29, 1.82) is 0 Å². The highest BCUT2D eigenvalue weighted by atomic mass is 16.6. The lowest BCUT2D eigenvalue weighted by Gasteiger charge is -2.24. The molecule has 0 aromatic carbocycles. The predicted octanol–water partition coefficient (Wildman–Crippen LogP) is 1.88. The zero-order valence-electron chi connectivity index (χ0n) is 9.04. The Balaban J connectivity index is 2.45. The number of carbonyl (C=O) groups excluding carboxylic acids is 1. The summed E-state index contributed by atoms with van der Waals surface area (Å²) >= 11 is 0. The molecule has 1 heterocycles. The zero-order valence-corrected chi connectivity index (χ0v) is 9.04. The van der Waals surface area contributed by atoms with E-state index in [4.69, 9.17) is 11.2 Å². The summed E-state index contributed by atoms with van der Waals surface area (Å²) in [6, 6.07) is 0. The Hall–Kier alpha value is -1.17. The van der Waals surface area contributed by atoms with Crippen molar-refractivity contribution >= 4 is 6.09 Å². The van der Waals surface area contributed by atoms with Crippen LogP contribution in [0.1, 0.15) is 27.2 Å². The molecule has 0 aromatic heterocycles. The second kappa shape index (κ2) is 3.91. The van der Waals surface area contributed by atoms with Crippen LogP contribution >= 0.6 is 0 Å². The number of terminal acetylenes is 1. The fraction of sp³-hybridized carbons (Fsp3) is 0.727. The fourth-order valence-electron chi connectivity index (χ4n) is 1.39. The Kier molecular flexibility index (Phi) is 3.05. The lowest BCUT2D eigenvalue weighted by molar-refractivity contribution is 0.0291. The number of amides is 1. The van der Waals surface area contributed by atoms with Crippen LogP contribution in [0.15, 0.2) is 0 Å². The Morgan fingerprint density at radius 3 is 2.64 bits per heavy atom. The molecule has 0 aliphatic carbocycles. The maximum Gasteiger partial charge on any atom is 0.410 e. The minimum absolute atomic E-state index is 0.197. The molecule has 0 spiro atoms. The average Bonchev–Trinajstić information content (AvgIpc) is 2.48. The summed E-state index contributed by atoms with van der Waals surface area (Å²) in [6.45, 7) is 6.92. The first-order valence-corrected chi connectivity index (χ1v) is 4.86. The minimum Gasteiger partial charge on any atom is -0.444 e. The maximum atomic E-state index is 11.6. The zero-order chi connectivity index (χ0) is 10.8. The molecule has 1 fully saturated rings. The molecular weight excluding hydrogens is 178 g/mol. The van der Waals surface area contributed by atoms with Crippen LogP contribution in [-0.4, -0.2) is 29.7 Å². The monoisotopic (exact) mass is 195 g/mol. The number of likely N-dealkylation sites (tertiary alicyclic amines) is 1. The Morgan fingerprint density at radius 2 is 2.21 bits per heavy atom. The van der Waals surface area contributed by atoms with Crippen molar-refractivity contribution in [3.63, 3.8) is 0 Å². The molecule has 78 valence electrons. The first kappa shape index (κ1) is 10.9. The Bertz CT molecular complexity index is 259. The fourth-order valence-corrected chi connectivity index (χ4v) is 1.39. The van der Waals surface area contributed by atoms with Gasteiger partial charge in [0, 0.05) is 19.0 Å². The summed E-state index contributed by atoms with van der Waals surface area (Å²) in [5.41, 5.74) is -0.425. The molecule has 0 saturated carbocycles. The molecule has 0 unspecified atom stereocenters. The predicted molar refractivity (Wildman–Crippen MR) is 54.7 cm³/mol. The van der Waals surface area contributed by atoms with E-state index in [2.05, 4.69) is 5.92 Å². The molecule has 1 saturated heterocycles. The first-order chi connectivity index (χ1) is 6.42. The molecule has 0 radical (unpaired) electrons. The topological polar surface area (TPSA) is 29.5 Å². The number of rotatable bonds is 0. The first-order valence-electron chi connectivity index (χ1n) is 4.86. The smallest absolute Gasteiger partial charge is 0.410 e. The van der Waals surface area contributed by atoms with E-state index in [1.165, 1.54) is 0 Å². The largest absolute Gasteiger partial charge is 0.444 e. The van der Waals surface area contributed by atoms with Crippen LogP contribution < -0.4 is 0 Å². The molecule has 3 nitrogen and oxygen atoms in total. The second-order valence-corrected chi connectivity index (χ2v) is 4.58. The average molecular weight is 195 g/mol. The van der Waals surface area contributed by atoms with Crippen LogP contribution in [0.3, 0.4) is 0 Å². The van der Waals surface area contributed by atoms with Gasteiger partial charge < -0.3 is 9.64 Å². The van der Waals surface area contributed by atoms with E-state index in [0.29, 0.717) is 13.1 Å². The molecule has 1 amide bonds. The van der Waals surface area contributed by atoms with E-state index in [1.807, 2.05) is 20.8 Å². The lowest BCUT2D eigenvalue weighted by Crippen LogP contribution is -2.35. The van der Waals surface area contributed by atoms with Crippen molar-refractivity contribution < 1.29 is 9.53 Å². The van der Waals surface area contributed by atoms with Crippen molar-refractivity contribution in [2.24, 2.45) is 5.92 Å². The molecule has 0 N–H and O–H groups in total. The molecule has 0 bridgehead atoms. The van der Waals surface area contributed by atoms with Gasteiger partial charge in [-0.05, 0) is 27.2 Å². The summed E-state index contributed by atoms with van der Waals surface area (Å²) < 4.78 is 5.23. The molecule has 14 heavy (non-hydrogen) atoms. The third-order valence-corrected chi connectivity index (χ3v) is 2.08. The van der Waals surface area contributed by atoms with E-state index in [-0.39, 0.29) is 12.0 Å². The van der Waals surface area contributed by atoms with Crippen molar-refractivity contribution in [2.75, 3.05) is 13.1 Å². The van der Waals surface area contributed by atoms with Gasteiger partial charge in [-0.25, -0.2) is 4.79 Å². The molecule has 1 aliphatic heterocycles. The van der Waals surface area contributed by atoms with Gasteiger partial charge in [-0.2, -0.15) is 0 Å². The van der Waals surface area contributed by atoms with Gasteiger partial charge in [-0.1, -0.05) is 0 Å². The van der Waals surface area contributed by atoms with Crippen LogP contribution in [0.5, 0.6) is 0 Å². The molecule has 1 aliphatic rings. The highest BCUT2D eigenvalue weighted by Crippen LogP contribution is 2.18. The number of hydrogen-bond acceptors (Lipinski definition) is 2. The maximum absolute atomic E-state index is 11.6. The molecule has 3 heteroatoms. The number of nitrogens with zero attached hydrogens (tertiary/aromatic N) is 1. The molecule has 1 atom stereocenters. The van der Waals surface area contributed by atoms with Crippen LogP contribution in [0.2, 0.25) is 0 Å². The van der Waals surface area contributed by atoms with E-state index in [1.54, 1.807) is 4.90 Å². The Morgan fingerprint density at radius 1 is 1.57 bits per heavy atom. The van der Waals surface area contributed by atoms with Gasteiger partial charge in [-0.15, -0.1) is 12.3 Å². The minimum atomic E-state index is -0.425. The molecule has 1 rings (SSSR count). The van der Waals surface area contributed by atoms with Gasteiger partial charge >= 0.3 is 6.09 Å². The van der Waals surface area contributed by atoms with Crippen molar-refractivity contribution in [2.45, 2.75) is 32.8 Å². The highest BCUT2D eigenvalue weighted by molar-refractivity contribution is 5.68. The van der Waals surface area contributed by atoms with Crippen molar-refractivity contribution in [1.82, 2.24) is 4.90 Å². The summed E-state index contributed by atoms with van der Waals surface area (Å²) in [7, 11) is 0. The molecular formula is C11H17NO2. The quantitative estimate of drug-likeness (QED) is 0.552. The van der Waals surface area contributed by atoms with E-state index < -0.39 is 5.60 Å². The van der Waals surface area contributed by atoms with Gasteiger partial charge in [0.1, 0.15) is 5.60 Å². The van der Waals surface area contributed by atoms with Crippen LogP contribution in [0.25, 0.3) is 0 Å². The summed E-state index contributed by atoms with van der Waals surface area (Å²) in [6.07, 6.45) is 5.92. The number of ether oxygens (including phenoxy) is 1. The van der Waals surface area contributed by atoms with Crippen molar-refractivity contribution in [3.8, 4) is 12.3 Å². The normalized spacial score (nSPS) is 21.9. The third kappa shape index (κ3) is 2.95. The SMILES string of the molecule is C#C[C@H]1CCN(C(=O)OC(C)(C)C)C1. The van der Waals surface area contributed by atoms with Gasteiger partial charge in [-0.3, -0.25) is 0 Å². The third-order valence-electron chi connectivity index (χ3n) is 2.08. The summed E-state index contributed by atoms with van der Waals surface area (Å²) in [5, 5.41) is 0. The van der Waals surface area contributed by atoms with E-state index in [9.17, 15) is 4.79 Å². The number of carbonyl (C=O) groups is 1. The van der Waals surface area contributed by atoms with Crippen LogP contribution in [0.4, 0.5) is 4.79 Å². The van der Waals surface area contributed by atoms with Crippen molar-refractivity contribution in [3.05, 3.63) is 0 Å². The standard InChI is InChI=1S/C11H17NO2/c1-5-9-6-7-12(8-9)10(13)14-11(2,3)4/h1,9H,6-8H2,2-4H3/t9-/m0/s1. The summed E-state index contributed by atoms with van der Waals surface area (Å²) in [4.78, 5) is 13.2. The van der Waals surface area contributed by atoms with Crippen LogP contribution in [-0.2, 0) is 4.74 Å². The second-order valence-electron chi connectivity index (χ2n) is 4.58. The number of hydrogen-bond donors (Lipinski definition) is 0. The van der Waals surface area contributed by atoms with Crippen LogP contribution in [0, 0.1) is 18.3 Å². The van der Waals surface area contributed by atoms with E-state index >= 15 is 0 Å². The van der Waals surface area contributed by atoms with Gasteiger partial charge in [0.15, 0.2) is 0 Å². The molecule has 0 aromatic rings. The van der Waals surface area contributed by atoms with Gasteiger partial charge in [0.2, 0.25) is 0 Å². The van der Waals surface area contributed by atoms with Gasteiger partial charge in [0.05, 0.1) is 0 Å². The summed E-state index contributed by atoms with van der Waals surface area (Å²) in [5.74, 6) is 2.86.